The van der Waals surface area contributed by atoms with Crippen LogP contribution in [0.25, 0.3) is 11.3 Å². The summed E-state index contributed by atoms with van der Waals surface area (Å²) in [6, 6.07) is 20.5. The summed E-state index contributed by atoms with van der Waals surface area (Å²) in [4.78, 5) is 12.2. The highest BCUT2D eigenvalue weighted by Crippen LogP contribution is 2.21. The number of hydrogen-bond donors (Lipinski definition) is 0. The molecule has 0 N–H and O–H groups in total. The molecule has 0 saturated carbocycles. The molecule has 0 radical (unpaired) electrons. The van der Waals surface area contributed by atoms with Gasteiger partial charge in [-0.3, -0.25) is 4.79 Å². The molecule has 0 aliphatic rings. The van der Waals surface area contributed by atoms with E-state index in [9.17, 15) is 4.79 Å². The maximum atomic E-state index is 12.2. The molecule has 0 unspecified atom stereocenters. The molecule has 3 rings (SSSR count). The van der Waals surface area contributed by atoms with Gasteiger partial charge in [0.2, 0.25) is 0 Å². The van der Waals surface area contributed by atoms with Crippen molar-refractivity contribution in [1.82, 2.24) is 0 Å². The molecule has 0 fully saturated rings. The zero-order valence-electron chi connectivity index (χ0n) is 10.2. The number of benzene rings is 2. The van der Waals surface area contributed by atoms with Crippen molar-refractivity contribution in [2.75, 3.05) is 0 Å². The second-order valence-corrected chi connectivity index (χ2v) is 4.25. The van der Waals surface area contributed by atoms with Crippen molar-refractivity contribution >= 4 is 5.78 Å². The summed E-state index contributed by atoms with van der Waals surface area (Å²) >= 11 is 0. The van der Waals surface area contributed by atoms with Crippen molar-refractivity contribution in [1.29, 1.82) is 0 Å². The first-order valence-electron chi connectivity index (χ1n) is 6.08. The monoisotopic (exact) mass is 248 g/mol. The Labute approximate surface area is 111 Å². The lowest BCUT2D eigenvalue weighted by molar-refractivity contribution is 0.103. The van der Waals surface area contributed by atoms with E-state index < -0.39 is 0 Å². The third-order valence-corrected chi connectivity index (χ3v) is 2.99. The summed E-state index contributed by atoms with van der Waals surface area (Å²) < 4.78 is 5.32. The Morgan fingerprint density at radius 3 is 2.05 bits per heavy atom. The van der Waals surface area contributed by atoms with Gasteiger partial charge in [-0.25, -0.2) is 0 Å². The number of rotatable bonds is 3. The molecule has 0 spiro atoms. The highest BCUT2D eigenvalue weighted by Gasteiger charge is 2.08. The summed E-state index contributed by atoms with van der Waals surface area (Å²) in [5.41, 5.74) is 2.35. The molecule has 2 aromatic carbocycles. The highest BCUT2D eigenvalue weighted by atomic mass is 16.3. The van der Waals surface area contributed by atoms with Crippen molar-refractivity contribution < 1.29 is 9.21 Å². The van der Waals surface area contributed by atoms with Gasteiger partial charge < -0.3 is 4.42 Å². The molecule has 0 bridgehead atoms. The van der Waals surface area contributed by atoms with Crippen LogP contribution in [0.15, 0.2) is 77.4 Å². The number of carbonyl (C=O) groups excluding carboxylic acids is 1. The van der Waals surface area contributed by atoms with E-state index in [4.69, 9.17) is 4.42 Å². The van der Waals surface area contributed by atoms with Crippen LogP contribution in [0.2, 0.25) is 0 Å². The number of furan rings is 1. The second kappa shape index (κ2) is 4.94. The zero-order chi connectivity index (χ0) is 13.1. The van der Waals surface area contributed by atoms with Gasteiger partial charge in [0.05, 0.1) is 6.26 Å². The van der Waals surface area contributed by atoms with Gasteiger partial charge in [0, 0.05) is 16.7 Å². The van der Waals surface area contributed by atoms with E-state index in [1.165, 1.54) is 0 Å². The quantitative estimate of drug-likeness (QED) is 0.651. The van der Waals surface area contributed by atoms with Crippen molar-refractivity contribution in [3.8, 4) is 11.3 Å². The summed E-state index contributed by atoms with van der Waals surface area (Å²) in [5, 5.41) is 0. The maximum absolute atomic E-state index is 12.2. The lowest BCUT2D eigenvalue weighted by Crippen LogP contribution is -2.00. The molecule has 1 heterocycles. The van der Waals surface area contributed by atoms with Gasteiger partial charge >= 0.3 is 0 Å². The molecule has 3 aromatic rings. The minimum atomic E-state index is 0.0339. The first-order valence-corrected chi connectivity index (χ1v) is 6.08. The molecule has 0 aliphatic heterocycles. The zero-order valence-corrected chi connectivity index (χ0v) is 10.2. The Morgan fingerprint density at radius 1 is 0.737 bits per heavy atom. The fourth-order valence-corrected chi connectivity index (χ4v) is 1.98. The van der Waals surface area contributed by atoms with Gasteiger partial charge in [-0.1, -0.05) is 54.6 Å². The van der Waals surface area contributed by atoms with Crippen molar-refractivity contribution in [2.24, 2.45) is 0 Å². The number of carbonyl (C=O) groups is 1. The van der Waals surface area contributed by atoms with Crippen LogP contribution in [0.5, 0.6) is 0 Å². The SMILES string of the molecule is O=C(c1ccccc1)c1ccc(-c2ccco2)cc1. The largest absolute Gasteiger partial charge is 0.464 e. The van der Waals surface area contributed by atoms with E-state index >= 15 is 0 Å². The standard InChI is InChI=1S/C17H12O2/c18-17(14-5-2-1-3-6-14)15-10-8-13(9-11-15)16-7-4-12-19-16/h1-12H. The number of ketones is 1. The molecule has 0 amide bonds. The van der Waals surface area contributed by atoms with Crippen LogP contribution in [0.1, 0.15) is 15.9 Å². The molecule has 0 saturated heterocycles. The minimum Gasteiger partial charge on any atom is -0.464 e. The third kappa shape index (κ3) is 2.33. The Kier molecular flexibility index (Phi) is 2.99. The van der Waals surface area contributed by atoms with Crippen LogP contribution in [0.4, 0.5) is 0 Å². The van der Waals surface area contributed by atoms with E-state index in [2.05, 4.69) is 0 Å². The van der Waals surface area contributed by atoms with Gasteiger partial charge in [-0.05, 0) is 12.1 Å². The fourth-order valence-electron chi connectivity index (χ4n) is 1.98. The van der Waals surface area contributed by atoms with Crippen molar-refractivity contribution in [3.63, 3.8) is 0 Å². The Balaban J connectivity index is 1.89. The van der Waals surface area contributed by atoms with Gasteiger partial charge in [-0.15, -0.1) is 0 Å². The van der Waals surface area contributed by atoms with Gasteiger partial charge in [-0.2, -0.15) is 0 Å². The van der Waals surface area contributed by atoms with E-state index in [0.29, 0.717) is 11.1 Å². The van der Waals surface area contributed by atoms with Gasteiger partial charge in [0.1, 0.15) is 5.76 Å². The normalized spacial score (nSPS) is 10.3. The summed E-state index contributed by atoms with van der Waals surface area (Å²) in [5.74, 6) is 0.838. The Hall–Kier alpha value is -2.61. The molecule has 0 atom stereocenters. The molecular weight excluding hydrogens is 236 g/mol. The van der Waals surface area contributed by atoms with Crippen LogP contribution < -0.4 is 0 Å². The summed E-state index contributed by atoms with van der Waals surface area (Å²) in [6.45, 7) is 0. The van der Waals surface area contributed by atoms with E-state index in [0.717, 1.165) is 11.3 Å². The fraction of sp³-hybridized carbons (Fsp3) is 0. The van der Waals surface area contributed by atoms with Crippen LogP contribution >= 0.6 is 0 Å². The van der Waals surface area contributed by atoms with Crippen LogP contribution in [0.3, 0.4) is 0 Å². The highest BCUT2D eigenvalue weighted by molar-refractivity contribution is 6.09. The summed E-state index contributed by atoms with van der Waals surface area (Å²) in [6.07, 6.45) is 1.64. The average Bonchev–Trinajstić information content (AvgIpc) is 3.02. The first kappa shape index (κ1) is 11.5. The van der Waals surface area contributed by atoms with E-state index in [-0.39, 0.29) is 5.78 Å². The number of hydrogen-bond acceptors (Lipinski definition) is 2. The van der Waals surface area contributed by atoms with Crippen molar-refractivity contribution in [3.05, 3.63) is 84.1 Å². The molecule has 19 heavy (non-hydrogen) atoms. The molecule has 0 aliphatic carbocycles. The van der Waals surface area contributed by atoms with Gasteiger partial charge in [0.15, 0.2) is 5.78 Å². The second-order valence-electron chi connectivity index (χ2n) is 4.25. The molecular formula is C17H12O2. The molecule has 2 nitrogen and oxygen atoms in total. The van der Waals surface area contributed by atoms with Crippen LogP contribution in [-0.2, 0) is 0 Å². The minimum absolute atomic E-state index is 0.0339. The molecule has 2 heteroatoms. The van der Waals surface area contributed by atoms with Crippen LogP contribution in [-0.4, -0.2) is 5.78 Å². The first-order chi connectivity index (χ1) is 9.34. The predicted molar refractivity (Wildman–Crippen MR) is 74.0 cm³/mol. The lowest BCUT2D eigenvalue weighted by Gasteiger charge is -2.02. The Morgan fingerprint density at radius 2 is 1.42 bits per heavy atom. The molecule has 1 aromatic heterocycles. The van der Waals surface area contributed by atoms with Gasteiger partial charge in [0.25, 0.3) is 0 Å². The van der Waals surface area contributed by atoms with E-state index in [1.807, 2.05) is 66.7 Å². The predicted octanol–water partition coefficient (Wildman–Crippen LogP) is 4.18. The van der Waals surface area contributed by atoms with Crippen LogP contribution in [0, 0.1) is 0 Å². The third-order valence-electron chi connectivity index (χ3n) is 2.99. The summed E-state index contributed by atoms with van der Waals surface area (Å²) in [7, 11) is 0. The maximum Gasteiger partial charge on any atom is 0.193 e. The average molecular weight is 248 g/mol. The van der Waals surface area contributed by atoms with E-state index in [1.54, 1.807) is 6.26 Å². The topological polar surface area (TPSA) is 30.2 Å². The Bertz CT molecular complexity index is 665. The molecule has 92 valence electrons. The van der Waals surface area contributed by atoms with Crippen molar-refractivity contribution in [2.45, 2.75) is 0 Å². The smallest absolute Gasteiger partial charge is 0.193 e. The lowest BCUT2D eigenvalue weighted by atomic mass is 10.0.